The zero-order valence-electron chi connectivity index (χ0n) is 38.3. The molecule has 0 aliphatic heterocycles. The van der Waals surface area contributed by atoms with Crippen LogP contribution < -0.4 is 10.6 Å². The summed E-state index contributed by atoms with van der Waals surface area (Å²) < 4.78 is 31.6. The number of hydrogen-bond donors (Lipinski definition) is 4. The summed E-state index contributed by atoms with van der Waals surface area (Å²) in [7, 11) is -4.67. The minimum atomic E-state index is -4.67. The number of rotatable bonds is 14. The van der Waals surface area contributed by atoms with E-state index >= 15 is 0 Å². The molecule has 0 radical (unpaired) electrons. The van der Waals surface area contributed by atoms with E-state index in [1.54, 1.807) is 11.1 Å². The van der Waals surface area contributed by atoms with E-state index in [1.807, 2.05) is 0 Å². The predicted molar refractivity (Wildman–Crippen MR) is 260 cm³/mol. The van der Waals surface area contributed by atoms with E-state index in [1.165, 1.54) is 55.9 Å². The highest BCUT2D eigenvalue weighted by molar-refractivity contribution is 7.79. The lowest BCUT2D eigenvalue weighted by Gasteiger charge is -2.30. The van der Waals surface area contributed by atoms with Gasteiger partial charge in [-0.1, -0.05) is 173 Å². The Hall–Kier alpha value is -5.29. The van der Waals surface area contributed by atoms with Crippen LogP contribution in [0.15, 0.2) is 190 Å². The molecule has 2 unspecified atom stereocenters. The SMILES string of the molecule is CCNC(C)=C1C=CC(N(CC)CC)C2=C1C2(c1ccccc1)c1ccccc1.CCNC(C)=C1C=CC(N(CC)CC)C2=C1C2(c1ccccc1)c1ccccc1.O=S(=O)(O)O. The number of allylic oxidation sites excluding steroid dienone is 8. The Kier molecular flexibility index (Phi) is 15.3. The summed E-state index contributed by atoms with van der Waals surface area (Å²) in [6.45, 7) is 23.9. The first kappa shape index (κ1) is 47.2. The van der Waals surface area contributed by atoms with Gasteiger partial charge < -0.3 is 10.6 Å². The van der Waals surface area contributed by atoms with Gasteiger partial charge in [-0.05, 0) is 110 Å². The minimum Gasteiger partial charge on any atom is -0.388 e. The Morgan fingerprint density at radius 1 is 0.508 bits per heavy atom. The summed E-state index contributed by atoms with van der Waals surface area (Å²) in [5.41, 5.74) is 16.6. The van der Waals surface area contributed by atoms with Gasteiger partial charge in [-0.2, -0.15) is 8.42 Å². The minimum absolute atomic E-state index is 0.134. The molecule has 8 nitrogen and oxygen atoms in total. The number of benzene rings is 4. The second-order valence-corrected chi connectivity index (χ2v) is 17.1. The molecule has 4 N–H and O–H groups in total. The van der Waals surface area contributed by atoms with Gasteiger partial charge in [0, 0.05) is 24.5 Å². The molecular weight excluding hydrogens is 801 g/mol. The maximum Gasteiger partial charge on any atom is 0.394 e. The Morgan fingerprint density at radius 3 is 0.984 bits per heavy atom. The Morgan fingerprint density at radius 2 is 0.762 bits per heavy atom. The van der Waals surface area contributed by atoms with Crippen molar-refractivity contribution in [2.75, 3.05) is 39.3 Å². The fourth-order valence-corrected chi connectivity index (χ4v) is 10.2. The monoisotopic (exact) mass is 866 g/mol. The van der Waals surface area contributed by atoms with Crippen LogP contribution in [0.25, 0.3) is 0 Å². The van der Waals surface area contributed by atoms with E-state index in [0.717, 1.165) is 39.3 Å². The first-order chi connectivity index (χ1) is 30.4. The molecule has 0 saturated carbocycles. The van der Waals surface area contributed by atoms with Crippen molar-refractivity contribution in [3.05, 3.63) is 213 Å². The number of hydrogen-bond acceptors (Lipinski definition) is 6. The molecule has 0 amide bonds. The van der Waals surface area contributed by atoms with Crippen molar-refractivity contribution < 1.29 is 17.5 Å². The van der Waals surface area contributed by atoms with Gasteiger partial charge in [0.25, 0.3) is 0 Å². The zero-order chi connectivity index (χ0) is 45.4. The van der Waals surface area contributed by atoms with Gasteiger partial charge in [0.05, 0.1) is 22.9 Å². The second-order valence-electron chi connectivity index (χ2n) is 16.2. The molecule has 4 aromatic carbocycles. The normalized spacial score (nSPS) is 20.4. The van der Waals surface area contributed by atoms with Gasteiger partial charge in [0.15, 0.2) is 0 Å². The summed E-state index contributed by atoms with van der Waals surface area (Å²) in [5.74, 6) is 0. The van der Waals surface area contributed by atoms with Gasteiger partial charge in [-0.25, -0.2) is 0 Å². The standard InChI is InChI=1S/2C27H32N2.H2O4S/c2*1-5-28-20(4)23-18-19-24(29(6-2)7-3)26-25(23)27(26,21-14-10-8-11-15-21)22-16-12-9-13-17-22;1-5(2,3)4/h2*8-19,24,28H,5-7H2,1-4H3;(H2,1,2,3,4). The molecule has 0 fully saturated rings. The fraction of sp³-hybridized carbons (Fsp3) is 0.333. The van der Waals surface area contributed by atoms with E-state index in [-0.39, 0.29) is 10.8 Å². The summed E-state index contributed by atoms with van der Waals surface area (Å²) in [6.07, 6.45) is 9.53. The molecule has 332 valence electrons. The molecular formula is C54H66N4O4S. The molecule has 63 heavy (non-hydrogen) atoms. The average Bonchev–Trinajstić information content (AvgIpc) is 4.20. The third kappa shape index (κ3) is 9.35. The highest BCUT2D eigenvalue weighted by Gasteiger charge is 2.61. The third-order valence-electron chi connectivity index (χ3n) is 12.9. The van der Waals surface area contributed by atoms with Crippen LogP contribution in [0.3, 0.4) is 0 Å². The van der Waals surface area contributed by atoms with Gasteiger partial charge in [-0.15, -0.1) is 0 Å². The number of likely N-dealkylation sites (N-methyl/N-ethyl adjacent to an activating group) is 2. The van der Waals surface area contributed by atoms with Crippen molar-refractivity contribution in [1.82, 2.24) is 20.4 Å². The maximum absolute atomic E-state index is 8.74. The van der Waals surface area contributed by atoms with Crippen LogP contribution in [0.1, 0.15) is 77.6 Å². The molecule has 8 rings (SSSR count). The largest absolute Gasteiger partial charge is 0.394 e. The average molecular weight is 867 g/mol. The molecule has 4 aromatic rings. The Balaban J connectivity index is 0.000000190. The molecule has 4 aliphatic carbocycles. The van der Waals surface area contributed by atoms with Crippen LogP contribution in [0, 0.1) is 0 Å². The van der Waals surface area contributed by atoms with E-state index in [9.17, 15) is 0 Å². The van der Waals surface area contributed by atoms with Crippen LogP contribution in [0.4, 0.5) is 0 Å². The van der Waals surface area contributed by atoms with Crippen LogP contribution in [0.2, 0.25) is 0 Å². The van der Waals surface area contributed by atoms with E-state index in [4.69, 9.17) is 17.5 Å². The third-order valence-corrected chi connectivity index (χ3v) is 12.9. The van der Waals surface area contributed by atoms with Crippen molar-refractivity contribution in [1.29, 1.82) is 0 Å². The van der Waals surface area contributed by atoms with Crippen LogP contribution in [-0.4, -0.2) is 78.7 Å². The molecule has 0 aromatic heterocycles. The smallest absolute Gasteiger partial charge is 0.388 e. The van der Waals surface area contributed by atoms with Crippen molar-refractivity contribution in [2.24, 2.45) is 0 Å². The topological polar surface area (TPSA) is 105 Å². The molecule has 0 saturated heterocycles. The van der Waals surface area contributed by atoms with Crippen LogP contribution in [0.5, 0.6) is 0 Å². The highest BCUT2D eigenvalue weighted by Crippen LogP contribution is 2.66. The molecule has 9 heteroatoms. The number of nitrogens with one attached hydrogen (secondary N) is 2. The van der Waals surface area contributed by atoms with Crippen molar-refractivity contribution in [2.45, 2.75) is 78.3 Å². The molecule has 0 bridgehead atoms. The van der Waals surface area contributed by atoms with Crippen molar-refractivity contribution in [3.63, 3.8) is 0 Å². The predicted octanol–water partition coefficient (Wildman–Crippen LogP) is 10.2. The summed E-state index contributed by atoms with van der Waals surface area (Å²) in [4.78, 5) is 5.14. The highest BCUT2D eigenvalue weighted by atomic mass is 32.3. The first-order valence-electron chi connectivity index (χ1n) is 22.6. The maximum atomic E-state index is 8.74. The van der Waals surface area contributed by atoms with Crippen molar-refractivity contribution >= 4 is 10.4 Å². The molecule has 0 heterocycles. The van der Waals surface area contributed by atoms with E-state index in [2.05, 4.69) is 221 Å². The van der Waals surface area contributed by atoms with Gasteiger partial charge >= 0.3 is 10.4 Å². The van der Waals surface area contributed by atoms with Crippen LogP contribution >= 0.6 is 0 Å². The van der Waals surface area contributed by atoms with Gasteiger partial charge in [0.1, 0.15) is 0 Å². The van der Waals surface area contributed by atoms with E-state index < -0.39 is 10.4 Å². The lowest BCUT2D eigenvalue weighted by molar-refractivity contribution is 0.279. The Labute approximate surface area is 377 Å². The molecule has 0 spiro atoms. The summed E-state index contributed by atoms with van der Waals surface area (Å²) >= 11 is 0. The van der Waals surface area contributed by atoms with Gasteiger partial charge in [-0.3, -0.25) is 18.9 Å². The zero-order valence-corrected chi connectivity index (χ0v) is 39.1. The second kappa shape index (κ2) is 20.5. The lowest BCUT2D eigenvalue weighted by atomic mass is 9.79. The van der Waals surface area contributed by atoms with Crippen molar-refractivity contribution in [3.8, 4) is 0 Å². The molecule has 2 atom stereocenters. The quantitative estimate of drug-likeness (QED) is 0.0930. The number of nitrogens with zero attached hydrogens (tertiary/aromatic N) is 2. The Bertz CT molecular complexity index is 2240. The fourth-order valence-electron chi connectivity index (χ4n) is 10.2. The van der Waals surface area contributed by atoms with Crippen LogP contribution in [-0.2, 0) is 21.2 Å². The first-order valence-corrected chi connectivity index (χ1v) is 24.0. The molecule has 4 aliphatic rings. The summed E-state index contributed by atoms with van der Waals surface area (Å²) in [6, 6.07) is 44.9. The lowest BCUT2D eigenvalue weighted by Crippen LogP contribution is -2.36. The summed E-state index contributed by atoms with van der Waals surface area (Å²) in [5, 5.41) is 7.13. The van der Waals surface area contributed by atoms with Gasteiger partial charge in [0.2, 0.25) is 0 Å². The van der Waals surface area contributed by atoms with E-state index in [0.29, 0.717) is 12.1 Å².